The van der Waals surface area contributed by atoms with Gasteiger partial charge in [-0.1, -0.05) is 36.4 Å². The van der Waals surface area contributed by atoms with Crippen molar-refractivity contribution >= 4 is 5.91 Å². The van der Waals surface area contributed by atoms with Gasteiger partial charge in [0.25, 0.3) is 0 Å². The van der Waals surface area contributed by atoms with Crippen LogP contribution in [-0.4, -0.2) is 24.3 Å². The second kappa shape index (κ2) is 6.94. The maximum atomic E-state index is 13.3. The highest BCUT2D eigenvalue weighted by molar-refractivity contribution is 5.91. The normalized spacial score (nSPS) is 28.0. The Morgan fingerprint density at radius 2 is 1.77 bits per heavy atom. The van der Waals surface area contributed by atoms with Gasteiger partial charge in [-0.2, -0.15) is 0 Å². The minimum absolute atomic E-state index is 0.0103. The van der Waals surface area contributed by atoms with Gasteiger partial charge in [-0.3, -0.25) is 4.79 Å². The van der Waals surface area contributed by atoms with E-state index in [1.165, 1.54) is 12.1 Å². The summed E-state index contributed by atoms with van der Waals surface area (Å²) < 4.78 is 41.8. The molecule has 2 aromatic rings. The van der Waals surface area contributed by atoms with Crippen LogP contribution in [0, 0.1) is 0 Å². The molecule has 0 unspecified atom stereocenters. The van der Waals surface area contributed by atoms with Crippen molar-refractivity contribution in [3.8, 4) is 11.5 Å². The van der Waals surface area contributed by atoms with Gasteiger partial charge in [0, 0.05) is 6.04 Å². The van der Waals surface area contributed by atoms with Crippen LogP contribution in [0.5, 0.6) is 11.5 Å². The summed E-state index contributed by atoms with van der Waals surface area (Å²) in [6.45, 7) is 2.01. The van der Waals surface area contributed by atoms with E-state index in [1.54, 1.807) is 6.07 Å². The maximum absolute atomic E-state index is 13.3. The molecular formula is C23H23F2NO4. The molecule has 5 nitrogen and oxygen atoms in total. The Morgan fingerprint density at radius 1 is 1.03 bits per heavy atom. The minimum Gasteiger partial charge on any atom is -0.395 e. The molecule has 3 aliphatic rings. The highest BCUT2D eigenvalue weighted by Crippen LogP contribution is 2.52. The average Bonchev–Trinajstić information content (AvgIpc) is 3.45. The maximum Gasteiger partial charge on any atom is 0.586 e. The Bertz CT molecular complexity index is 961. The van der Waals surface area contributed by atoms with Crippen LogP contribution in [0.3, 0.4) is 0 Å². The summed E-state index contributed by atoms with van der Waals surface area (Å²) in [4.78, 5) is 13.2. The van der Waals surface area contributed by atoms with Crippen molar-refractivity contribution in [2.75, 3.05) is 0 Å². The zero-order chi connectivity index (χ0) is 20.9. The summed E-state index contributed by atoms with van der Waals surface area (Å²) in [7, 11) is 0. The number of benzene rings is 2. The summed E-state index contributed by atoms with van der Waals surface area (Å²) in [5.74, 6) is -0.108. The summed E-state index contributed by atoms with van der Waals surface area (Å²) >= 11 is 0. The third kappa shape index (κ3) is 3.51. The second-order valence-corrected chi connectivity index (χ2v) is 8.40. The van der Waals surface area contributed by atoms with Gasteiger partial charge in [0.2, 0.25) is 5.91 Å². The number of halogens is 2. The summed E-state index contributed by atoms with van der Waals surface area (Å²) in [5.41, 5.74) is 1.08. The second-order valence-electron chi connectivity index (χ2n) is 8.40. The zero-order valence-electron chi connectivity index (χ0n) is 16.6. The van der Waals surface area contributed by atoms with Crippen LogP contribution in [0.1, 0.15) is 49.8 Å². The molecule has 0 bridgehead atoms. The minimum atomic E-state index is -3.66. The molecule has 2 fully saturated rings. The van der Waals surface area contributed by atoms with Gasteiger partial charge in [-0.05, 0) is 55.9 Å². The van der Waals surface area contributed by atoms with Crippen molar-refractivity contribution in [1.29, 1.82) is 0 Å². The van der Waals surface area contributed by atoms with E-state index in [-0.39, 0.29) is 35.7 Å². The third-order valence-electron chi connectivity index (χ3n) is 6.16. The molecule has 2 heterocycles. The van der Waals surface area contributed by atoms with Gasteiger partial charge in [0.05, 0.1) is 17.6 Å². The molecule has 3 atom stereocenters. The Hall–Kier alpha value is -2.67. The molecule has 0 radical (unpaired) electrons. The van der Waals surface area contributed by atoms with E-state index in [2.05, 4.69) is 14.8 Å². The van der Waals surface area contributed by atoms with Crippen LogP contribution in [0.2, 0.25) is 0 Å². The molecule has 2 aliphatic heterocycles. The van der Waals surface area contributed by atoms with E-state index in [9.17, 15) is 13.6 Å². The van der Waals surface area contributed by atoms with E-state index in [1.807, 2.05) is 37.3 Å². The molecule has 0 aromatic heterocycles. The van der Waals surface area contributed by atoms with E-state index < -0.39 is 11.7 Å². The first-order chi connectivity index (χ1) is 14.3. The lowest BCUT2D eigenvalue weighted by Crippen LogP contribution is -2.46. The quantitative estimate of drug-likeness (QED) is 0.801. The molecule has 1 aliphatic carbocycles. The molecule has 1 amide bonds. The van der Waals surface area contributed by atoms with E-state index in [0.717, 1.165) is 12.0 Å². The van der Waals surface area contributed by atoms with E-state index in [0.29, 0.717) is 24.8 Å². The lowest BCUT2D eigenvalue weighted by Gasteiger charge is -2.35. The lowest BCUT2D eigenvalue weighted by molar-refractivity contribution is -0.286. The number of hydrogen-bond donors (Lipinski definition) is 1. The summed E-state index contributed by atoms with van der Waals surface area (Å²) in [6.07, 6.45) is -0.918. The molecule has 2 aromatic carbocycles. The van der Waals surface area contributed by atoms with Crippen molar-refractivity contribution in [3.05, 3.63) is 59.7 Å². The Kier molecular flexibility index (Phi) is 4.47. The SMILES string of the molecule is C[C@@H]1C[C@H](NC(=O)C2(c3ccc4c(c3)OC(F)(F)O4)CC2)C[C@H](c2ccccc2)O1. The van der Waals surface area contributed by atoms with Crippen LogP contribution in [-0.2, 0) is 14.9 Å². The van der Waals surface area contributed by atoms with Gasteiger partial charge >= 0.3 is 6.29 Å². The molecule has 0 spiro atoms. The van der Waals surface area contributed by atoms with Gasteiger partial charge in [-0.25, -0.2) is 0 Å². The predicted molar refractivity (Wildman–Crippen MR) is 104 cm³/mol. The fraction of sp³-hybridized carbons (Fsp3) is 0.435. The van der Waals surface area contributed by atoms with E-state index >= 15 is 0 Å². The Labute approximate surface area is 173 Å². The first kappa shape index (κ1) is 19.3. The zero-order valence-corrected chi connectivity index (χ0v) is 16.6. The molecular weight excluding hydrogens is 392 g/mol. The topological polar surface area (TPSA) is 56.8 Å². The highest BCUT2D eigenvalue weighted by atomic mass is 19.3. The van der Waals surface area contributed by atoms with Crippen LogP contribution in [0.15, 0.2) is 48.5 Å². The van der Waals surface area contributed by atoms with Crippen molar-refractivity contribution in [1.82, 2.24) is 5.32 Å². The number of carbonyl (C=O) groups excluding carboxylic acids is 1. The third-order valence-corrected chi connectivity index (χ3v) is 6.16. The monoisotopic (exact) mass is 415 g/mol. The van der Waals surface area contributed by atoms with Gasteiger partial charge in [-0.15, -0.1) is 8.78 Å². The number of carbonyl (C=O) groups is 1. The van der Waals surface area contributed by atoms with Crippen molar-refractivity contribution in [2.45, 2.75) is 62.6 Å². The van der Waals surface area contributed by atoms with Gasteiger partial charge in [0.1, 0.15) is 0 Å². The number of fused-ring (bicyclic) bond motifs is 1. The molecule has 7 heteroatoms. The Morgan fingerprint density at radius 3 is 2.50 bits per heavy atom. The van der Waals surface area contributed by atoms with Crippen LogP contribution < -0.4 is 14.8 Å². The van der Waals surface area contributed by atoms with Crippen LogP contribution in [0.25, 0.3) is 0 Å². The molecule has 30 heavy (non-hydrogen) atoms. The summed E-state index contributed by atoms with van der Waals surface area (Å²) in [5, 5.41) is 3.20. The smallest absolute Gasteiger partial charge is 0.395 e. The highest BCUT2D eigenvalue weighted by Gasteiger charge is 2.53. The number of alkyl halides is 2. The number of amides is 1. The summed E-state index contributed by atoms with van der Waals surface area (Å²) in [6, 6.07) is 14.6. The van der Waals surface area contributed by atoms with Crippen molar-refractivity contribution in [3.63, 3.8) is 0 Å². The predicted octanol–water partition coefficient (Wildman–Crippen LogP) is 4.46. The Balaban J connectivity index is 1.31. The standard InChI is InChI=1S/C23H23F2NO4/c1-14-11-17(13-19(28-14)15-5-3-2-4-6-15)26-21(27)22(9-10-22)16-7-8-18-20(12-16)30-23(24,25)29-18/h2-8,12,14,17,19H,9-11,13H2,1H3,(H,26,27)/t14-,17+,19-/m1/s1. The largest absolute Gasteiger partial charge is 0.586 e. The fourth-order valence-electron chi connectivity index (χ4n) is 4.49. The number of hydrogen-bond acceptors (Lipinski definition) is 4. The number of ether oxygens (including phenoxy) is 3. The molecule has 158 valence electrons. The van der Waals surface area contributed by atoms with Gasteiger partial charge in [0.15, 0.2) is 11.5 Å². The van der Waals surface area contributed by atoms with Crippen LogP contribution in [0.4, 0.5) is 8.78 Å². The van der Waals surface area contributed by atoms with Crippen LogP contribution >= 0.6 is 0 Å². The first-order valence-electron chi connectivity index (χ1n) is 10.3. The number of nitrogens with one attached hydrogen (secondary N) is 1. The fourth-order valence-corrected chi connectivity index (χ4v) is 4.49. The first-order valence-corrected chi connectivity index (χ1v) is 10.3. The van der Waals surface area contributed by atoms with Crippen molar-refractivity contribution < 1.29 is 27.8 Å². The molecule has 5 rings (SSSR count). The molecule has 1 saturated heterocycles. The average molecular weight is 415 g/mol. The molecule has 1 N–H and O–H groups in total. The lowest BCUT2D eigenvalue weighted by atomic mass is 9.91. The van der Waals surface area contributed by atoms with Crippen molar-refractivity contribution in [2.24, 2.45) is 0 Å². The molecule has 1 saturated carbocycles. The number of rotatable bonds is 4. The van der Waals surface area contributed by atoms with E-state index in [4.69, 9.17) is 4.74 Å². The van der Waals surface area contributed by atoms with Gasteiger partial charge < -0.3 is 19.5 Å².